The molecule has 0 aliphatic rings. The van der Waals surface area contributed by atoms with Crippen LogP contribution in [-0.4, -0.2) is 0 Å². The summed E-state index contributed by atoms with van der Waals surface area (Å²) < 4.78 is 6.20. The van der Waals surface area contributed by atoms with E-state index < -0.39 is 0 Å². The van der Waals surface area contributed by atoms with Crippen molar-refractivity contribution >= 4 is 50.4 Å². The van der Waals surface area contributed by atoms with Crippen LogP contribution in [0.15, 0.2) is 156 Å². The predicted molar refractivity (Wildman–Crippen MR) is 164 cm³/mol. The third-order valence-corrected chi connectivity index (χ3v) is 7.04. The van der Waals surface area contributed by atoms with Gasteiger partial charge in [0.15, 0.2) is 0 Å². The van der Waals surface area contributed by atoms with Crippen LogP contribution in [0.2, 0.25) is 0 Å². The maximum Gasteiger partial charge on any atom is 0.137 e. The van der Waals surface area contributed by atoms with Gasteiger partial charge in [0, 0.05) is 45.3 Å². The summed E-state index contributed by atoms with van der Waals surface area (Å²) in [6.45, 7) is 0. The monoisotopic (exact) mass is 502 g/mol. The molecule has 6 aromatic carbocycles. The molecule has 7 aromatic rings. The highest BCUT2D eigenvalue weighted by atomic mass is 16.3. The summed E-state index contributed by atoms with van der Waals surface area (Å²) >= 11 is 0. The zero-order chi connectivity index (χ0) is 26.0. The topological polar surface area (TPSA) is 28.4 Å². The minimum Gasteiger partial charge on any atom is -0.456 e. The van der Waals surface area contributed by atoms with Crippen molar-refractivity contribution in [3.05, 3.63) is 152 Å². The van der Waals surface area contributed by atoms with Gasteiger partial charge in [0.25, 0.3) is 0 Å². The highest BCUT2D eigenvalue weighted by molar-refractivity contribution is 6.06. The summed E-state index contributed by atoms with van der Waals surface area (Å²) in [5.74, 6) is 0. The number of para-hydroxylation sites is 2. The van der Waals surface area contributed by atoms with Gasteiger partial charge in [-0.2, -0.15) is 0 Å². The van der Waals surface area contributed by atoms with Gasteiger partial charge in [-0.15, -0.1) is 0 Å². The van der Waals surface area contributed by atoms with Crippen LogP contribution in [0.3, 0.4) is 0 Å². The van der Waals surface area contributed by atoms with Crippen molar-refractivity contribution in [2.45, 2.75) is 0 Å². The Morgan fingerprint density at radius 2 is 0.949 bits per heavy atom. The molecule has 0 unspecified atom stereocenters. The second-order valence-electron chi connectivity index (χ2n) is 9.56. The van der Waals surface area contributed by atoms with E-state index in [0.29, 0.717) is 0 Å². The lowest BCUT2D eigenvalue weighted by atomic mass is 10.1. The molecule has 0 atom stereocenters. The molecule has 0 saturated carbocycles. The molecule has 3 heteroatoms. The zero-order valence-corrected chi connectivity index (χ0v) is 21.3. The molecular formula is C36H26N2O. The van der Waals surface area contributed by atoms with Crippen LogP contribution in [0.5, 0.6) is 0 Å². The van der Waals surface area contributed by atoms with E-state index in [9.17, 15) is 0 Å². The lowest BCUT2D eigenvalue weighted by molar-refractivity contribution is 0.669. The van der Waals surface area contributed by atoms with E-state index in [1.165, 1.54) is 11.1 Å². The van der Waals surface area contributed by atoms with E-state index in [0.717, 1.165) is 50.4 Å². The summed E-state index contributed by atoms with van der Waals surface area (Å²) in [6, 6.07) is 52.6. The molecular weight excluding hydrogens is 476 g/mol. The molecule has 7 rings (SSSR count). The SMILES string of the molecule is c1ccc(-c2ccc(Nc3ccc(N(c4ccccc4)c4ccc5c(c4)oc4ccccc45)cc3)cc2)cc1. The van der Waals surface area contributed by atoms with E-state index >= 15 is 0 Å². The summed E-state index contributed by atoms with van der Waals surface area (Å²) in [4.78, 5) is 2.26. The van der Waals surface area contributed by atoms with Crippen LogP contribution in [0, 0.1) is 0 Å². The minimum atomic E-state index is 0.881. The first-order valence-electron chi connectivity index (χ1n) is 13.1. The number of fused-ring (bicyclic) bond motifs is 3. The van der Waals surface area contributed by atoms with Crippen LogP contribution in [-0.2, 0) is 0 Å². The number of nitrogens with zero attached hydrogens (tertiary/aromatic N) is 1. The quantitative estimate of drug-likeness (QED) is 0.245. The molecule has 1 N–H and O–H groups in total. The fourth-order valence-corrected chi connectivity index (χ4v) is 5.12. The first-order valence-corrected chi connectivity index (χ1v) is 13.1. The molecule has 0 bridgehead atoms. The first kappa shape index (κ1) is 22.9. The van der Waals surface area contributed by atoms with Crippen LogP contribution >= 0.6 is 0 Å². The van der Waals surface area contributed by atoms with Gasteiger partial charge in [-0.05, 0) is 77.9 Å². The average molecular weight is 503 g/mol. The molecule has 3 nitrogen and oxygen atoms in total. The summed E-state index contributed by atoms with van der Waals surface area (Å²) in [5.41, 5.74) is 9.50. The van der Waals surface area contributed by atoms with Gasteiger partial charge in [0.05, 0.1) is 0 Å². The molecule has 39 heavy (non-hydrogen) atoms. The van der Waals surface area contributed by atoms with Crippen LogP contribution in [0.1, 0.15) is 0 Å². The molecule has 0 aliphatic heterocycles. The third kappa shape index (κ3) is 4.51. The van der Waals surface area contributed by atoms with Crippen LogP contribution in [0.4, 0.5) is 28.4 Å². The standard InChI is InChI=1S/C36H26N2O/c1-3-9-26(10-4-1)27-15-17-28(18-16-27)37-29-19-21-31(22-20-29)38(30-11-5-2-6-12-30)32-23-24-34-33-13-7-8-14-35(33)39-36(34)25-32/h1-25,37H. The average Bonchev–Trinajstić information content (AvgIpc) is 3.38. The van der Waals surface area contributed by atoms with Gasteiger partial charge in [-0.1, -0.05) is 78.9 Å². The molecule has 186 valence electrons. The molecule has 1 heterocycles. The lowest BCUT2D eigenvalue weighted by Crippen LogP contribution is -2.09. The van der Waals surface area contributed by atoms with Gasteiger partial charge < -0.3 is 14.6 Å². The van der Waals surface area contributed by atoms with Gasteiger partial charge in [-0.3, -0.25) is 0 Å². The van der Waals surface area contributed by atoms with Crippen molar-refractivity contribution in [2.75, 3.05) is 10.2 Å². The van der Waals surface area contributed by atoms with E-state index in [2.05, 4.69) is 138 Å². The number of benzene rings is 6. The fraction of sp³-hybridized carbons (Fsp3) is 0. The summed E-state index contributed by atoms with van der Waals surface area (Å²) in [6.07, 6.45) is 0. The molecule has 0 fully saturated rings. The van der Waals surface area contributed by atoms with Gasteiger partial charge in [-0.25, -0.2) is 0 Å². The van der Waals surface area contributed by atoms with Crippen LogP contribution < -0.4 is 10.2 Å². The van der Waals surface area contributed by atoms with Crippen LogP contribution in [0.25, 0.3) is 33.1 Å². The first-order chi connectivity index (χ1) is 19.3. The maximum absolute atomic E-state index is 6.20. The molecule has 0 radical (unpaired) electrons. The Morgan fingerprint density at radius 1 is 0.410 bits per heavy atom. The van der Waals surface area contributed by atoms with Gasteiger partial charge in [0.2, 0.25) is 0 Å². The van der Waals surface area contributed by atoms with Crippen molar-refractivity contribution < 1.29 is 4.42 Å². The van der Waals surface area contributed by atoms with Crippen molar-refractivity contribution in [1.82, 2.24) is 0 Å². The molecule has 0 aliphatic carbocycles. The largest absolute Gasteiger partial charge is 0.456 e. The van der Waals surface area contributed by atoms with Crippen molar-refractivity contribution in [3.8, 4) is 11.1 Å². The lowest BCUT2D eigenvalue weighted by Gasteiger charge is -2.25. The Bertz CT molecular complexity index is 1860. The molecule has 0 spiro atoms. The number of anilines is 5. The van der Waals surface area contributed by atoms with Crippen molar-refractivity contribution in [2.24, 2.45) is 0 Å². The Morgan fingerprint density at radius 3 is 1.69 bits per heavy atom. The fourth-order valence-electron chi connectivity index (χ4n) is 5.12. The van der Waals surface area contributed by atoms with E-state index in [1.807, 2.05) is 24.3 Å². The number of rotatable bonds is 6. The molecule has 1 aromatic heterocycles. The molecule has 0 saturated heterocycles. The van der Waals surface area contributed by atoms with E-state index in [-0.39, 0.29) is 0 Å². The van der Waals surface area contributed by atoms with Gasteiger partial charge >= 0.3 is 0 Å². The number of furan rings is 1. The zero-order valence-electron chi connectivity index (χ0n) is 21.3. The Kier molecular flexibility index (Phi) is 5.80. The van der Waals surface area contributed by atoms with E-state index in [4.69, 9.17) is 4.42 Å². The highest BCUT2D eigenvalue weighted by Gasteiger charge is 2.15. The highest BCUT2D eigenvalue weighted by Crippen LogP contribution is 2.38. The summed E-state index contributed by atoms with van der Waals surface area (Å²) in [5, 5.41) is 5.80. The number of hydrogen-bond donors (Lipinski definition) is 1. The summed E-state index contributed by atoms with van der Waals surface area (Å²) in [7, 11) is 0. The van der Waals surface area contributed by atoms with E-state index in [1.54, 1.807) is 0 Å². The predicted octanol–water partition coefficient (Wildman–Crippen LogP) is 10.5. The Hall–Kier alpha value is -5.28. The second-order valence-corrected chi connectivity index (χ2v) is 9.56. The van der Waals surface area contributed by atoms with Crippen molar-refractivity contribution in [1.29, 1.82) is 0 Å². The smallest absolute Gasteiger partial charge is 0.137 e. The normalized spacial score (nSPS) is 11.1. The minimum absolute atomic E-state index is 0.881. The Balaban J connectivity index is 1.19. The van der Waals surface area contributed by atoms with Gasteiger partial charge in [0.1, 0.15) is 11.2 Å². The second kappa shape index (κ2) is 9.88. The number of hydrogen-bond acceptors (Lipinski definition) is 3. The molecule has 0 amide bonds. The Labute approximate surface area is 227 Å². The number of nitrogens with one attached hydrogen (secondary N) is 1. The third-order valence-electron chi connectivity index (χ3n) is 7.04. The van der Waals surface area contributed by atoms with Crippen molar-refractivity contribution in [3.63, 3.8) is 0 Å². The maximum atomic E-state index is 6.20.